The molecule has 72 valence electrons. The molecule has 1 fully saturated rings. The number of hydrogen-bond acceptors (Lipinski definition) is 3. The Morgan fingerprint density at radius 3 is 2.67 bits per heavy atom. The highest BCUT2D eigenvalue weighted by molar-refractivity contribution is 4.91. The van der Waals surface area contributed by atoms with E-state index in [1.165, 1.54) is 19.3 Å². The molecule has 0 saturated heterocycles. The van der Waals surface area contributed by atoms with Crippen molar-refractivity contribution in [3.05, 3.63) is 0 Å². The van der Waals surface area contributed by atoms with Crippen LogP contribution in [0.1, 0.15) is 25.7 Å². The van der Waals surface area contributed by atoms with E-state index in [4.69, 9.17) is 9.84 Å². The maximum Gasteiger partial charge on any atom is 0.0802 e. The topological polar surface area (TPSA) is 41.5 Å². The first-order valence-electron chi connectivity index (χ1n) is 4.70. The predicted octanol–water partition coefficient (Wildman–Crippen LogP) is 0.527. The third kappa shape index (κ3) is 2.44. The maximum atomic E-state index is 8.55. The Labute approximate surface area is 74.1 Å². The highest BCUT2D eigenvalue weighted by Crippen LogP contribution is 2.34. The number of methoxy groups -OCH3 is 1. The predicted molar refractivity (Wildman–Crippen MR) is 48.2 cm³/mol. The largest absolute Gasteiger partial charge is 0.396 e. The fourth-order valence-corrected chi connectivity index (χ4v) is 1.54. The molecule has 3 nitrogen and oxygen atoms in total. The van der Waals surface area contributed by atoms with E-state index in [2.05, 4.69) is 5.32 Å². The van der Waals surface area contributed by atoms with E-state index >= 15 is 0 Å². The van der Waals surface area contributed by atoms with Crippen LogP contribution in [-0.4, -0.2) is 37.5 Å². The fraction of sp³-hybridized carbons (Fsp3) is 1.00. The van der Waals surface area contributed by atoms with E-state index in [-0.39, 0.29) is 12.2 Å². The van der Waals surface area contributed by atoms with Crippen LogP contribution in [0, 0.1) is 0 Å². The Morgan fingerprint density at radius 2 is 2.25 bits per heavy atom. The molecule has 0 atom stereocenters. The van der Waals surface area contributed by atoms with Crippen molar-refractivity contribution in [2.24, 2.45) is 0 Å². The Balaban J connectivity index is 2.04. The van der Waals surface area contributed by atoms with Gasteiger partial charge in [0.25, 0.3) is 0 Å². The van der Waals surface area contributed by atoms with Gasteiger partial charge in [-0.1, -0.05) is 0 Å². The van der Waals surface area contributed by atoms with Crippen molar-refractivity contribution in [2.75, 3.05) is 26.8 Å². The van der Waals surface area contributed by atoms with Crippen LogP contribution in [-0.2, 0) is 4.74 Å². The summed E-state index contributed by atoms with van der Waals surface area (Å²) in [6, 6.07) is 0. The third-order valence-corrected chi connectivity index (χ3v) is 2.66. The van der Waals surface area contributed by atoms with E-state index in [0.29, 0.717) is 0 Å². The van der Waals surface area contributed by atoms with Crippen LogP contribution in [0.15, 0.2) is 0 Å². The summed E-state index contributed by atoms with van der Waals surface area (Å²) in [6.45, 7) is 2.10. The van der Waals surface area contributed by atoms with Gasteiger partial charge in [-0.05, 0) is 32.2 Å². The second-order valence-corrected chi connectivity index (χ2v) is 3.49. The molecule has 0 unspecified atom stereocenters. The minimum absolute atomic E-state index is 0.120. The Kier molecular flexibility index (Phi) is 3.98. The summed E-state index contributed by atoms with van der Waals surface area (Å²) in [7, 11) is 1.78. The zero-order chi connectivity index (χ0) is 8.86. The van der Waals surface area contributed by atoms with Crippen molar-refractivity contribution < 1.29 is 9.84 Å². The molecule has 0 aromatic rings. The van der Waals surface area contributed by atoms with Gasteiger partial charge < -0.3 is 15.2 Å². The number of hydrogen-bond donors (Lipinski definition) is 2. The summed E-state index contributed by atoms with van der Waals surface area (Å²) < 4.78 is 5.43. The van der Waals surface area contributed by atoms with Crippen LogP contribution in [0.25, 0.3) is 0 Å². The Hall–Kier alpha value is -0.120. The van der Waals surface area contributed by atoms with Gasteiger partial charge in [0, 0.05) is 20.3 Å². The minimum atomic E-state index is 0.120. The standard InChI is InChI=1S/C9H19NO2/c1-12-9(4-2-5-9)8-10-6-3-7-11/h10-11H,2-8H2,1H3. The zero-order valence-corrected chi connectivity index (χ0v) is 7.81. The summed E-state index contributed by atoms with van der Waals surface area (Å²) in [5.41, 5.74) is 0.120. The summed E-state index contributed by atoms with van der Waals surface area (Å²) in [5.74, 6) is 0. The van der Waals surface area contributed by atoms with Crippen molar-refractivity contribution in [3.63, 3.8) is 0 Å². The molecule has 12 heavy (non-hydrogen) atoms. The van der Waals surface area contributed by atoms with Crippen molar-refractivity contribution in [1.82, 2.24) is 5.32 Å². The van der Waals surface area contributed by atoms with Crippen LogP contribution < -0.4 is 5.32 Å². The molecule has 3 heteroatoms. The molecular formula is C9H19NO2. The lowest BCUT2D eigenvalue weighted by atomic mass is 9.80. The van der Waals surface area contributed by atoms with Crippen LogP contribution >= 0.6 is 0 Å². The second kappa shape index (κ2) is 4.80. The average molecular weight is 173 g/mol. The van der Waals surface area contributed by atoms with Gasteiger partial charge in [0.15, 0.2) is 0 Å². The van der Waals surface area contributed by atoms with Crippen molar-refractivity contribution in [2.45, 2.75) is 31.3 Å². The first-order chi connectivity index (χ1) is 5.83. The molecule has 1 rings (SSSR count). The lowest BCUT2D eigenvalue weighted by molar-refractivity contribution is -0.0693. The van der Waals surface area contributed by atoms with E-state index in [0.717, 1.165) is 19.5 Å². The monoisotopic (exact) mass is 173 g/mol. The van der Waals surface area contributed by atoms with Gasteiger partial charge in [-0.15, -0.1) is 0 Å². The molecule has 1 aliphatic rings. The lowest BCUT2D eigenvalue weighted by Crippen LogP contribution is -2.48. The molecule has 0 spiro atoms. The third-order valence-electron chi connectivity index (χ3n) is 2.66. The first-order valence-corrected chi connectivity index (χ1v) is 4.70. The first kappa shape index (κ1) is 9.96. The SMILES string of the molecule is COC1(CNCCCO)CCC1. The number of ether oxygens (including phenoxy) is 1. The Morgan fingerprint density at radius 1 is 1.50 bits per heavy atom. The molecule has 2 N–H and O–H groups in total. The van der Waals surface area contributed by atoms with Gasteiger partial charge in [0.05, 0.1) is 5.60 Å². The lowest BCUT2D eigenvalue weighted by Gasteiger charge is -2.40. The van der Waals surface area contributed by atoms with E-state index in [1.807, 2.05) is 0 Å². The fourth-order valence-electron chi connectivity index (χ4n) is 1.54. The van der Waals surface area contributed by atoms with Crippen molar-refractivity contribution in [1.29, 1.82) is 0 Å². The molecule has 0 radical (unpaired) electrons. The molecule has 0 amide bonds. The second-order valence-electron chi connectivity index (χ2n) is 3.49. The number of aliphatic hydroxyl groups is 1. The van der Waals surface area contributed by atoms with Crippen LogP contribution in [0.3, 0.4) is 0 Å². The number of nitrogens with one attached hydrogen (secondary N) is 1. The number of aliphatic hydroxyl groups excluding tert-OH is 1. The average Bonchev–Trinajstić information content (AvgIpc) is 2.02. The minimum Gasteiger partial charge on any atom is -0.396 e. The zero-order valence-electron chi connectivity index (χ0n) is 7.81. The number of rotatable bonds is 6. The van der Waals surface area contributed by atoms with E-state index < -0.39 is 0 Å². The van der Waals surface area contributed by atoms with Gasteiger partial charge in [-0.3, -0.25) is 0 Å². The molecule has 0 bridgehead atoms. The van der Waals surface area contributed by atoms with E-state index in [1.54, 1.807) is 7.11 Å². The smallest absolute Gasteiger partial charge is 0.0802 e. The molecule has 0 aromatic carbocycles. The quantitative estimate of drug-likeness (QED) is 0.576. The van der Waals surface area contributed by atoms with Gasteiger partial charge in [0.1, 0.15) is 0 Å². The van der Waals surface area contributed by atoms with Gasteiger partial charge in [0.2, 0.25) is 0 Å². The molecule has 0 aliphatic heterocycles. The highest BCUT2D eigenvalue weighted by Gasteiger charge is 2.36. The molecule has 0 aromatic heterocycles. The van der Waals surface area contributed by atoms with Crippen LogP contribution in [0.5, 0.6) is 0 Å². The van der Waals surface area contributed by atoms with Crippen LogP contribution in [0.2, 0.25) is 0 Å². The summed E-state index contributed by atoms with van der Waals surface area (Å²) in [6.07, 6.45) is 4.47. The van der Waals surface area contributed by atoms with Crippen molar-refractivity contribution in [3.8, 4) is 0 Å². The van der Waals surface area contributed by atoms with Gasteiger partial charge in [-0.2, -0.15) is 0 Å². The van der Waals surface area contributed by atoms with Gasteiger partial charge in [-0.25, -0.2) is 0 Å². The normalized spacial score (nSPS) is 20.5. The molecule has 1 aliphatic carbocycles. The van der Waals surface area contributed by atoms with Crippen molar-refractivity contribution >= 4 is 0 Å². The highest BCUT2D eigenvalue weighted by atomic mass is 16.5. The summed E-state index contributed by atoms with van der Waals surface area (Å²) in [5, 5.41) is 11.8. The maximum absolute atomic E-state index is 8.55. The summed E-state index contributed by atoms with van der Waals surface area (Å²) in [4.78, 5) is 0. The van der Waals surface area contributed by atoms with Crippen LogP contribution in [0.4, 0.5) is 0 Å². The summed E-state index contributed by atoms with van der Waals surface area (Å²) >= 11 is 0. The molecule has 0 heterocycles. The molecular weight excluding hydrogens is 154 g/mol. The van der Waals surface area contributed by atoms with Gasteiger partial charge >= 0.3 is 0 Å². The Bertz CT molecular complexity index is 118. The molecule has 1 saturated carbocycles. The van der Waals surface area contributed by atoms with E-state index in [9.17, 15) is 0 Å².